The molecule has 0 unspecified atom stereocenters. The molecule has 0 fully saturated rings. The second-order valence-electron chi connectivity index (χ2n) is 5.20. The van der Waals surface area contributed by atoms with Gasteiger partial charge >= 0.3 is 5.97 Å². The molecule has 0 spiro atoms. The summed E-state index contributed by atoms with van der Waals surface area (Å²) < 4.78 is 4.92. The van der Waals surface area contributed by atoms with Crippen LogP contribution in [0.4, 0.5) is 0 Å². The molecule has 4 nitrogen and oxygen atoms in total. The van der Waals surface area contributed by atoms with E-state index in [1.54, 1.807) is 24.3 Å². The molecular formula is C19H18ClNO3. The standard InChI is InChI=1S/C19H18ClNO3/c1-14(16-7-3-2-4-8-16)21-18(22)13-24-19(23)11-10-15-6-5-9-17(20)12-15/h2-12,14H,13H2,1H3,(H,21,22)/b11-10+/t14-/m0/s1. The molecule has 1 amide bonds. The molecule has 0 saturated heterocycles. The Balaban J connectivity index is 1.78. The van der Waals surface area contributed by atoms with Gasteiger partial charge in [0.15, 0.2) is 6.61 Å². The Labute approximate surface area is 146 Å². The molecule has 2 aromatic carbocycles. The van der Waals surface area contributed by atoms with Crippen molar-refractivity contribution in [2.75, 3.05) is 6.61 Å². The average Bonchev–Trinajstić information content (AvgIpc) is 2.59. The first-order valence-corrected chi connectivity index (χ1v) is 7.87. The van der Waals surface area contributed by atoms with E-state index >= 15 is 0 Å². The van der Waals surface area contributed by atoms with Gasteiger partial charge in [-0.05, 0) is 36.3 Å². The zero-order valence-corrected chi connectivity index (χ0v) is 14.0. The van der Waals surface area contributed by atoms with Crippen molar-refractivity contribution in [1.29, 1.82) is 0 Å². The van der Waals surface area contributed by atoms with Gasteiger partial charge in [-0.25, -0.2) is 4.79 Å². The van der Waals surface area contributed by atoms with Crippen LogP contribution in [0.5, 0.6) is 0 Å². The molecular weight excluding hydrogens is 326 g/mol. The van der Waals surface area contributed by atoms with Gasteiger partial charge in [0.25, 0.3) is 5.91 Å². The number of halogens is 1. The fourth-order valence-electron chi connectivity index (χ4n) is 2.07. The molecule has 0 aliphatic carbocycles. The molecule has 5 heteroatoms. The normalized spacial score (nSPS) is 11.9. The third kappa shape index (κ3) is 5.89. The summed E-state index contributed by atoms with van der Waals surface area (Å²) >= 11 is 5.86. The summed E-state index contributed by atoms with van der Waals surface area (Å²) in [5, 5.41) is 3.36. The van der Waals surface area contributed by atoms with Crippen molar-refractivity contribution in [1.82, 2.24) is 5.32 Å². The summed E-state index contributed by atoms with van der Waals surface area (Å²) in [7, 11) is 0. The highest BCUT2D eigenvalue weighted by Crippen LogP contribution is 2.12. The van der Waals surface area contributed by atoms with Crippen LogP contribution in [0.2, 0.25) is 5.02 Å². The maximum Gasteiger partial charge on any atom is 0.331 e. The van der Waals surface area contributed by atoms with Crippen LogP contribution in [0.1, 0.15) is 24.1 Å². The van der Waals surface area contributed by atoms with Gasteiger partial charge in [0.1, 0.15) is 0 Å². The Kier molecular flexibility index (Phi) is 6.58. The van der Waals surface area contributed by atoms with Gasteiger partial charge in [-0.15, -0.1) is 0 Å². The van der Waals surface area contributed by atoms with Crippen LogP contribution in [0.3, 0.4) is 0 Å². The Bertz CT molecular complexity index is 728. The minimum atomic E-state index is -0.586. The fraction of sp³-hybridized carbons (Fsp3) is 0.158. The zero-order valence-electron chi connectivity index (χ0n) is 13.2. The Morgan fingerprint density at radius 2 is 1.92 bits per heavy atom. The third-order valence-electron chi connectivity index (χ3n) is 3.28. The number of esters is 1. The molecule has 24 heavy (non-hydrogen) atoms. The summed E-state index contributed by atoms with van der Waals surface area (Å²) in [5.74, 6) is -0.937. The third-order valence-corrected chi connectivity index (χ3v) is 3.52. The maximum atomic E-state index is 11.8. The Morgan fingerprint density at radius 3 is 2.62 bits per heavy atom. The largest absolute Gasteiger partial charge is 0.452 e. The van der Waals surface area contributed by atoms with Crippen LogP contribution in [-0.2, 0) is 14.3 Å². The van der Waals surface area contributed by atoms with Gasteiger partial charge in [0.2, 0.25) is 0 Å². The number of hydrogen-bond donors (Lipinski definition) is 1. The van der Waals surface area contributed by atoms with Crippen molar-refractivity contribution >= 4 is 29.6 Å². The summed E-state index contributed by atoms with van der Waals surface area (Å²) in [6.45, 7) is 1.55. The highest BCUT2D eigenvalue weighted by molar-refractivity contribution is 6.30. The lowest BCUT2D eigenvalue weighted by Crippen LogP contribution is -2.30. The number of carbonyl (C=O) groups excluding carboxylic acids is 2. The minimum absolute atomic E-state index is 0.153. The van der Waals surface area contributed by atoms with Gasteiger partial charge in [0.05, 0.1) is 6.04 Å². The minimum Gasteiger partial charge on any atom is -0.452 e. The lowest BCUT2D eigenvalue weighted by Gasteiger charge is -2.13. The quantitative estimate of drug-likeness (QED) is 0.641. The van der Waals surface area contributed by atoms with E-state index in [0.717, 1.165) is 11.1 Å². The van der Waals surface area contributed by atoms with E-state index < -0.39 is 5.97 Å². The molecule has 0 radical (unpaired) electrons. The first-order chi connectivity index (χ1) is 11.5. The molecule has 0 aliphatic rings. The summed E-state index contributed by atoms with van der Waals surface area (Å²) in [4.78, 5) is 23.5. The lowest BCUT2D eigenvalue weighted by atomic mass is 10.1. The van der Waals surface area contributed by atoms with E-state index in [0.29, 0.717) is 5.02 Å². The van der Waals surface area contributed by atoms with Crippen molar-refractivity contribution in [2.45, 2.75) is 13.0 Å². The van der Waals surface area contributed by atoms with Crippen molar-refractivity contribution < 1.29 is 14.3 Å². The molecule has 1 atom stereocenters. The first-order valence-electron chi connectivity index (χ1n) is 7.49. The van der Waals surface area contributed by atoms with Crippen molar-refractivity contribution in [3.8, 4) is 0 Å². The van der Waals surface area contributed by atoms with Crippen molar-refractivity contribution in [2.24, 2.45) is 0 Å². The summed E-state index contributed by atoms with van der Waals surface area (Å²) in [5.41, 5.74) is 1.76. The molecule has 2 rings (SSSR count). The monoisotopic (exact) mass is 343 g/mol. The van der Waals surface area contributed by atoms with E-state index in [4.69, 9.17) is 16.3 Å². The fourth-order valence-corrected chi connectivity index (χ4v) is 2.27. The topological polar surface area (TPSA) is 55.4 Å². The number of carbonyl (C=O) groups is 2. The Morgan fingerprint density at radius 1 is 1.17 bits per heavy atom. The molecule has 0 bridgehead atoms. The molecule has 2 aromatic rings. The second-order valence-corrected chi connectivity index (χ2v) is 5.63. The van der Waals surface area contributed by atoms with Crippen molar-refractivity contribution in [3.63, 3.8) is 0 Å². The first kappa shape index (κ1) is 17.8. The maximum absolute atomic E-state index is 11.8. The number of benzene rings is 2. The number of rotatable bonds is 6. The van der Waals surface area contributed by atoms with E-state index in [-0.39, 0.29) is 18.6 Å². The van der Waals surface area contributed by atoms with E-state index in [1.807, 2.05) is 43.3 Å². The van der Waals surface area contributed by atoms with Gasteiger partial charge < -0.3 is 10.1 Å². The predicted molar refractivity (Wildman–Crippen MR) is 94.4 cm³/mol. The van der Waals surface area contributed by atoms with E-state index in [2.05, 4.69) is 5.32 Å². The molecule has 0 aliphatic heterocycles. The predicted octanol–water partition coefficient (Wildman–Crippen LogP) is 3.77. The van der Waals surface area contributed by atoms with Crippen LogP contribution in [-0.4, -0.2) is 18.5 Å². The highest BCUT2D eigenvalue weighted by atomic mass is 35.5. The Hall–Kier alpha value is -2.59. The van der Waals surface area contributed by atoms with E-state index in [9.17, 15) is 9.59 Å². The van der Waals surface area contributed by atoms with Crippen LogP contribution in [0, 0.1) is 0 Å². The SMILES string of the molecule is C[C@H](NC(=O)COC(=O)/C=C/c1cccc(Cl)c1)c1ccccc1. The van der Waals surface area contributed by atoms with Crippen LogP contribution < -0.4 is 5.32 Å². The number of ether oxygens (including phenoxy) is 1. The smallest absolute Gasteiger partial charge is 0.331 e. The van der Waals surface area contributed by atoms with Crippen LogP contribution in [0.15, 0.2) is 60.7 Å². The van der Waals surface area contributed by atoms with E-state index in [1.165, 1.54) is 6.08 Å². The average molecular weight is 344 g/mol. The second kappa shape index (κ2) is 8.89. The number of nitrogens with one attached hydrogen (secondary N) is 1. The number of amides is 1. The van der Waals surface area contributed by atoms with Crippen LogP contribution >= 0.6 is 11.6 Å². The molecule has 0 heterocycles. The summed E-state index contributed by atoms with van der Waals surface area (Å²) in [6.07, 6.45) is 2.85. The van der Waals surface area contributed by atoms with Gasteiger partial charge in [0, 0.05) is 11.1 Å². The molecule has 1 N–H and O–H groups in total. The van der Waals surface area contributed by atoms with Gasteiger partial charge in [-0.3, -0.25) is 4.79 Å². The number of hydrogen-bond acceptors (Lipinski definition) is 3. The summed E-state index contributed by atoms with van der Waals surface area (Å²) in [6, 6.07) is 16.5. The highest BCUT2D eigenvalue weighted by Gasteiger charge is 2.10. The van der Waals surface area contributed by atoms with Gasteiger partial charge in [-0.1, -0.05) is 54.1 Å². The van der Waals surface area contributed by atoms with Gasteiger partial charge in [-0.2, -0.15) is 0 Å². The molecule has 0 saturated carbocycles. The molecule has 124 valence electrons. The van der Waals surface area contributed by atoms with Crippen LogP contribution in [0.25, 0.3) is 6.08 Å². The zero-order chi connectivity index (χ0) is 17.4. The van der Waals surface area contributed by atoms with Crippen molar-refractivity contribution in [3.05, 3.63) is 76.8 Å². The lowest BCUT2D eigenvalue weighted by molar-refractivity contribution is -0.144. The molecule has 0 aromatic heterocycles.